The minimum Gasteiger partial charge on any atom is -0.379 e. The van der Waals surface area contributed by atoms with E-state index in [0.29, 0.717) is 13.0 Å². The van der Waals surface area contributed by atoms with E-state index in [1.807, 2.05) is 17.2 Å². The van der Waals surface area contributed by atoms with Gasteiger partial charge in [0, 0.05) is 56.6 Å². The third-order valence-electron chi connectivity index (χ3n) is 6.31. The summed E-state index contributed by atoms with van der Waals surface area (Å²) in [5, 5.41) is 3.80. The summed E-state index contributed by atoms with van der Waals surface area (Å²) in [7, 11) is 0. The molecule has 1 amide bonds. The molecule has 28 heavy (non-hydrogen) atoms. The number of nitrogens with one attached hydrogen (secondary N) is 1. The van der Waals surface area contributed by atoms with Crippen molar-refractivity contribution in [2.45, 2.75) is 51.7 Å². The van der Waals surface area contributed by atoms with Gasteiger partial charge in [-0.25, -0.2) is 0 Å². The number of piperidine rings is 1. The first-order chi connectivity index (χ1) is 13.6. The van der Waals surface area contributed by atoms with Gasteiger partial charge in [-0.3, -0.25) is 14.7 Å². The Morgan fingerprint density at radius 3 is 2.68 bits per heavy atom. The van der Waals surface area contributed by atoms with Crippen LogP contribution < -0.4 is 5.32 Å². The van der Waals surface area contributed by atoms with Gasteiger partial charge in [-0.15, -0.1) is 0 Å². The van der Waals surface area contributed by atoms with Crippen molar-refractivity contribution >= 4 is 11.6 Å². The van der Waals surface area contributed by atoms with Crippen LogP contribution in [0.1, 0.15) is 43.0 Å². The molecular weight excluding hydrogens is 348 g/mol. The molecule has 3 heterocycles. The number of anilines is 1. The number of nitrogens with zero attached hydrogens (tertiary/aromatic N) is 3. The quantitative estimate of drug-likeness (QED) is 0.887. The van der Waals surface area contributed by atoms with Crippen molar-refractivity contribution in [2.24, 2.45) is 0 Å². The molecule has 4 rings (SSSR count). The fourth-order valence-electron chi connectivity index (χ4n) is 4.43. The van der Waals surface area contributed by atoms with Crippen molar-refractivity contribution in [1.82, 2.24) is 14.8 Å². The number of rotatable bonds is 3. The third kappa shape index (κ3) is 3.90. The van der Waals surface area contributed by atoms with Gasteiger partial charge in [-0.2, -0.15) is 0 Å². The number of benzene rings is 1. The summed E-state index contributed by atoms with van der Waals surface area (Å²) in [6, 6.07) is 12.5. The zero-order chi connectivity index (χ0) is 19.6. The molecule has 0 radical (unpaired) electrons. The summed E-state index contributed by atoms with van der Waals surface area (Å²) in [6.07, 6.45) is 4.39. The van der Waals surface area contributed by atoms with Crippen molar-refractivity contribution in [1.29, 1.82) is 0 Å². The smallest absolute Gasteiger partial charge is 0.225 e. The Hall–Kier alpha value is -2.40. The van der Waals surface area contributed by atoms with Gasteiger partial charge in [0.2, 0.25) is 5.91 Å². The lowest BCUT2D eigenvalue weighted by Crippen LogP contribution is -2.53. The molecular formula is C23H30N4O. The fourth-order valence-corrected chi connectivity index (χ4v) is 4.43. The van der Waals surface area contributed by atoms with Crippen LogP contribution in [0.5, 0.6) is 0 Å². The summed E-state index contributed by atoms with van der Waals surface area (Å²) in [5.41, 5.74) is 4.64. The number of pyridine rings is 1. The van der Waals surface area contributed by atoms with Gasteiger partial charge in [0.15, 0.2) is 0 Å². The number of fused-ring (bicyclic) bond motifs is 1. The van der Waals surface area contributed by atoms with E-state index in [2.05, 4.69) is 59.4 Å². The molecule has 1 aromatic carbocycles. The molecule has 0 atom stereocenters. The van der Waals surface area contributed by atoms with Gasteiger partial charge in [0.1, 0.15) is 0 Å². The number of likely N-dealkylation sites (tertiary alicyclic amines) is 1. The molecule has 2 aliphatic rings. The van der Waals surface area contributed by atoms with E-state index in [9.17, 15) is 4.79 Å². The van der Waals surface area contributed by atoms with Crippen molar-refractivity contribution in [3.63, 3.8) is 0 Å². The SMILES string of the molecule is CCN1Cc2ccccc2NC2(CCN(Cc3ncccc3C)CC2)CC1=O. The predicted octanol–water partition coefficient (Wildman–Crippen LogP) is 3.59. The van der Waals surface area contributed by atoms with Gasteiger partial charge in [0.05, 0.1) is 5.69 Å². The van der Waals surface area contributed by atoms with Crippen molar-refractivity contribution < 1.29 is 4.79 Å². The van der Waals surface area contributed by atoms with E-state index in [1.165, 1.54) is 16.8 Å². The van der Waals surface area contributed by atoms with Gasteiger partial charge >= 0.3 is 0 Å². The normalized spacial score (nSPS) is 19.6. The van der Waals surface area contributed by atoms with Gasteiger partial charge in [-0.05, 0) is 49.9 Å². The first-order valence-corrected chi connectivity index (χ1v) is 10.4. The predicted molar refractivity (Wildman–Crippen MR) is 112 cm³/mol. The number of aryl methyl sites for hydroxylation is 1. The second kappa shape index (κ2) is 7.92. The summed E-state index contributed by atoms with van der Waals surface area (Å²) >= 11 is 0. The Labute approximate surface area is 167 Å². The van der Waals surface area contributed by atoms with Crippen LogP contribution in [0.25, 0.3) is 0 Å². The van der Waals surface area contributed by atoms with Crippen LogP contribution in [0.4, 0.5) is 5.69 Å². The number of hydrogen-bond donors (Lipinski definition) is 1. The molecule has 5 heteroatoms. The van der Waals surface area contributed by atoms with Gasteiger partial charge < -0.3 is 10.2 Å². The Kier molecular flexibility index (Phi) is 5.36. The third-order valence-corrected chi connectivity index (χ3v) is 6.31. The molecule has 5 nitrogen and oxygen atoms in total. The Bertz CT molecular complexity index is 842. The number of amides is 1. The minimum absolute atomic E-state index is 0.156. The number of aromatic nitrogens is 1. The molecule has 1 N–H and O–H groups in total. The van der Waals surface area contributed by atoms with Gasteiger partial charge in [0.25, 0.3) is 0 Å². The molecule has 1 fully saturated rings. The van der Waals surface area contributed by atoms with Crippen LogP contribution in [0.15, 0.2) is 42.6 Å². The molecule has 1 saturated heterocycles. The molecule has 1 aromatic heterocycles. The average molecular weight is 379 g/mol. The highest BCUT2D eigenvalue weighted by atomic mass is 16.2. The topological polar surface area (TPSA) is 48.5 Å². The van der Waals surface area contributed by atoms with Crippen LogP contribution in [0.2, 0.25) is 0 Å². The first kappa shape index (κ1) is 18.9. The maximum absolute atomic E-state index is 13.0. The van der Waals surface area contributed by atoms with Crippen molar-refractivity contribution in [3.05, 3.63) is 59.4 Å². The Balaban J connectivity index is 1.52. The van der Waals surface area contributed by atoms with Crippen molar-refractivity contribution in [3.8, 4) is 0 Å². The summed E-state index contributed by atoms with van der Waals surface area (Å²) in [5.74, 6) is 0.263. The second-order valence-electron chi connectivity index (χ2n) is 8.19. The first-order valence-electron chi connectivity index (χ1n) is 10.4. The Morgan fingerprint density at radius 1 is 1.14 bits per heavy atom. The van der Waals surface area contributed by atoms with Crippen LogP contribution in [-0.4, -0.2) is 45.9 Å². The minimum atomic E-state index is -0.156. The number of para-hydroxylation sites is 1. The van der Waals surface area contributed by atoms with Crippen LogP contribution >= 0.6 is 0 Å². The van der Waals surface area contributed by atoms with E-state index in [-0.39, 0.29) is 11.4 Å². The standard InChI is InChI=1S/C23H30N4O/c1-3-27-16-19-8-4-5-9-20(19)25-23(15-22(27)28)10-13-26(14-11-23)17-21-18(2)7-6-12-24-21/h4-9,12,25H,3,10-11,13-17H2,1-2H3. The van der Waals surface area contributed by atoms with E-state index in [4.69, 9.17) is 0 Å². The van der Waals surface area contributed by atoms with Gasteiger partial charge in [-0.1, -0.05) is 24.3 Å². The maximum Gasteiger partial charge on any atom is 0.225 e. The highest BCUT2D eigenvalue weighted by molar-refractivity contribution is 5.79. The summed E-state index contributed by atoms with van der Waals surface area (Å²) < 4.78 is 0. The number of carbonyl (C=O) groups is 1. The summed E-state index contributed by atoms with van der Waals surface area (Å²) in [4.78, 5) is 22.0. The second-order valence-corrected chi connectivity index (χ2v) is 8.19. The summed E-state index contributed by atoms with van der Waals surface area (Å²) in [6.45, 7) is 8.48. The lowest BCUT2D eigenvalue weighted by molar-refractivity contribution is -0.133. The molecule has 0 aliphatic carbocycles. The fraction of sp³-hybridized carbons (Fsp3) is 0.478. The molecule has 0 bridgehead atoms. The average Bonchev–Trinajstić information content (AvgIpc) is 2.69. The molecule has 2 aliphatic heterocycles. The molecule has 1 spiro atoms. The monoisotopic (exact) mass is 378 g/mol. The van der Waals surface area contributed by atoms with Crippen LogP contribution in [-0.2, 0) is 17.9 Å². The molecule has 0 unspecified atom stereocenters. The zero-order valence-corrected chi connectivity index (χ0v) is 16.9. The van der Waals surface area contributed by atoms with Crippen LogP contribution in [0.3, 0.4) is 0 Å². The van der Waals surface area contributed by atoms with E-state index < -0.39 is 0 Å². The zero-order valence-electron chi connectivity index (χ0n) is 16.9. The van der Waals surface area contributed by atoms with Crippen LogP contribution in [0, 0.1) is 6.92 Å². The number of hydrogen-bond acceptors (Lipinski definition) is 4. The van der Waals surface area contributed by atoms with E-state index >= 15 is 0 Å². The molecule has 0 saturated carbocycles. The van der Waals surface area contributed by atoms with E-state index in [0.717, 1.165) is 44.7 Å². The lowest BCUT2D eigenvalue weighted by atomic mass is 9.82. The van der Waals surface area contributed by atoms with Crippen molar-refractivity contribution in [2.75, 3.05) is 25.0 Å². The largest absolute Gasteiger partial charge is 0.379 e. The highest BCUT2D eigenvalue weighted by Crippen LogP contribution is 2.35. The highest BCUT2D eigenvalue weighted by Gasteiger charge is 2.39. The maximum atomic E-state index is 13.0. The number of carbonyl (C=O) groups excluding carboxylic acids is 1. The Morgan fingerprint density at radius 2 is 1.93 bits per heavy atom. The molecule has 148 valence electrons. The lowest BCUT2D eigenvalue weighted by Gasteiger charge is -2.45. The van der Waals surface area contributed by atoms with E-state index in [1.54, 1.807) is 0 Å². The molecule has 2 aromatic rings.